The fraction of sp³-hybridized carbons (Fsp3) is 0.211. The molecule has 0 aliphatic carbocycles. The first-order chi connectivity index (χ1) is 12.6. The topological polar surface area (TPSA) is 82.0 Å². The van der Waals surface area contributed by atoms with Gasteiger partial charge in [-0.05, 0) is 44.2 Å². The molecule has 2 N–H and O–H groups in total. The van der Waals surface area contributed by atoms with Crippen LogP contribution in [-0.2, 0) is 15.8 Å². The Labute approximate surface area is 153 Å². The molecule has 0 atom stereocenters. The zero-order valence-corrected chi connectivity index (χ0v) is 14.5. The van der Waals surface area contributed by atoms with Gasteiger partial charge in [-0.2, -0.15) is 18.4 Å². The molecule has 8 heteroatoms. The minimum Gasteiger partial charge on any atom is -0.325 e. The number of hydrogen-bond acceptors (Lipinski definition) is 3. The summed E-state index contributed by atoms with van der Waals surface area (Å²) in [6.07, 6.45) is -4.55. The van der Waals surface area contributed by atoms with E-state index in [9.17, 15) is 22.8 Å². The number of alkyl halides is 3. The van der Waals surface area contributed by atoms with Crippen molar-refractivity contribution >= 4 is 23.2 Å². The first-order valence-electron chi connectivity index (χ1n) is 7.85. The summed E-state index contributed by atoms with van der Waals surface area (Å²) in [5, 5.41) is 13.9. The highest BCUT2D eigenvalue weighted by atomic mass is 19.4. The van der Waals surface area contributed by atoms with Gasteiger partial charge in [0.2, 0.25) is 11.8 Å². The van der Waals surface area contributed by atoms with Gasteiger partial charge < -0.3 is 10.6 Å². The molecule has 2 aromatic carbocycles. The highest BCUT2D eigenvalue weighted by Crippen LogP contribution is 2.31. The first-order valence-corrected chi connectivity index (χ1v) is 7.85. The van der Waals surface area contributed by atoms with Gasteiger partial charge in [-0.3, -0.25) is 9.59 Å². The molecule has 2 amide bonds. The molecule has 0 radical (unpaired) electrons. The van der Waals surface area contributed by atoms with E-state index in [1.165, 1.54) is 32.0 Å². The zero-order chi connectivity index (χ0) is 20.2. The van der Waals surface area contributed by atoms with Crippen molar-refractivity contribution in [1.82, 2.24) is 0 Å². The van der Waals surface area contributed by atoms with Gasteiger partial charge in [0.1, 0.15) is 11.5 Å². The lowest BCUT2D eigenvalue weighted by atomic mass is 9.90. The summed E-state index contributed by atoms with van der Waals surface area (Å²) in [5.41, 5.74) is -2.12. The van der Waals surface area contributed by atoms with Crippen LogP contribution in [-0.4, -0.2) is 11.8 Å². The van der Waals surface area contributed by atoms with Crippen LogP contribution in [0.15, 0.2) is 48.5 Å². The van der Waals surface area contributed by atoms with Crippen LogP contribution in [0.4, 0.5) is 24.5 Å². The highest BCUT2D eigenvalue weighted by molar-refractivity contribution is 6.14. The standard InChI is InChI=1S/C19H16F3N3O2/c1-18(2,17(27)25-15-9-4-3-6-12(15)11-23)16(26)24-14-8-5-7-13(10-14)19(20,21)22/h3-10H,1-2H3,(H,24,26)(H,25,27). The van der Waals surface area contributed by atoms with Crippen molar-refractivity contribution in [1.29, 1.82) is 5.26 Å². The summed E-state index contributed by atoms with van der Waals surface area (Å²) in [7, 11) is 0. The fourth-order valence-electron chi connectivity index (χ4n) is 2.13. The van der Waals surface area contributed by atoms with Gasteiger partial charge in [-0.1, -0.05) is 18.2 Å². The number of nitriles is 1. The molecule has 0 aliphatic rings. The van der Waals surface area contributed by atoms with Crippen LogP contribution >= 0.6 is 0 Å². The maximum atomic E-state index is 12.8. The second-order valence-corrected chi connectivity index (χ2v) is 6.27. The van der Waals surface area contributed by atoms with E-state index in [2.05, 4.69) is 10.6 Å². The number of benzene rings is 2. The molecule has 0 bridgehead atoms. The predicted octanol–water partition coefficient (Wildman–Crippen LogP) is 4.18. The Morgan fingerprint density at radius 1 is 0.963 bits per heavy atom. The maximum Gasteiger partial charge on any atom is 0.416 e. The molecule has 0 saturated carbocycles. The number of amides is 2. The van der Waals surface area contributed by atoms with Crippen LogP contribution < -0.4 is 10.6 Å². The molecule has 140 valence electrons. The number of carbonyl (C=O) groups is 2. The summed E-state index contributed by atoms with van der Waals surface area (Å²) in [4.78, 5) is 25.0. The molecule has 0 aliphatic heterocycles. The van der Waals surface area contributed by atoms with Crippen LogP contribution in [0.5, 0.6) is 0 Å². The van der Waals surface area contributed by atoms with Crippen molar-refractivity contribution < 1.29 is 22.8 Å². The van der Waals surface area contributed by atoms with E-state index >= 15 is 0 Å². The van der Waals surface area contributed by atoms with Crippen molar-refractivity contribution in [2.45, 2.75) is 20.0 Å². The predicted molar refractivity (Wildman–Crippen MR) is 93.6 cm³/mol. The van der Waals surface area contributed by atoms with Gasteiger partial charge in [0.25, 0.3) is 0 Å². The van der Waals surface area contributed by atoms with E-state index in [4.69, 9.17) is 5.26 Å². The molecule has 0 unspecified atom stereocenters. The third-order valence-corrected chi connectivity index (χ3v) is 3.88. The molecule has 0 spiro atoms. The van der Waals surface area contributed by atoms with Crippen LogP contribution in [0, 0.1) is 16.7 Å². The summed E-state index contributed by atoms with van der Waals surface area (Å²) in [5.74, 6) is -1.48. The largest absolute Gasteiger partial charge is 0.416 e. The van der Waals surface area contributed by atoms with Gasteiger partial charge in [0.05, 0.1) is 16.8 Å². The Balaban J connectivity index is 2.17. The van der Waals surface area contributed by atoms with Gasteiger partial charge >= 0.3 is 6.18 Å². The lowest BCUT2D eigenvalue weighted by Gasteiger charge is -2.23. The van der Waals surface area contributed by atoms with Crippen molar-refractivity contribution in [2.24, 2.45) is 5.41 Å². The number of carbonyl (C=O) groups excluding carboxylic acids is 2. The third kappa shape index (κ3) is 4.64. The van der Waals surface area contributed by atoms with Crippen LogP contribution in [0.25, 0.3) is 0 Å². The van der Waals surface area contributed by atoms with Gasteiger partial charge in [-0.15, -0.1) is 0 Å². The zero-order valence-electron chi connectivity index (χ0n) is 14.5. The summed E-state index contributed by atoms with van der Waals surface area (Å²) >= 11 is 0. The molecule has 2 rings (SSSR count). The molecule has 5 nitrogen and oxygen atoms in total. The maximum absolute atomic E-state index is 12.8. The van der Waals surface area contributed by atoms with Gasteiger partial charge in [0.15, 0.2) is 0 Å². The van der Waals surface area contributed by atoms with E-state index in [1.807, 2.05) is 6.07 Å². The fourth-order valence-corrected chi connectivity index (χ4v) is 2.13. The van der Waals surface area contributed by atoms with Crippen molar-refractivity contribution in [3.63, 3.8) is 0 Å². The number of nitrogens with one attached hydrogen (secondary N) is 2. The number of nitrogens with zero attached hydrogens (tertiary/aromatic N) is 1. The molecule has 27 heavy (non-hydrogen) atoms. The lowest BCUT2D eigenvalue weighted by molar-refractivity contribution is -0.138. The van der Waals surface area contributed by atoms with Gasteiger partial charge in [0, 0.05) is 5.69 Å². The molecule has 0 fully saturated rings. The summed E-state index contributed by atoms with van der Waals surface area (Å²) in [6.45, 7) is 2.67. The minimum absolute atomic E-state index is 0.0758. The highest BCUT2D eigenvalue weighted by Gasteiger charge is 2.37. The number of anilines is 2. The molecule has 0 aromatic heterocycles. The third-order valence-electron chi connectivity index (χ3n) is 3.88. The Kier molecular flexibility index (Phi) is 5.55. The Morgan fingerprint density at radius 3 is 2.22 bits per heavy atom. The van der Waals surface area contributed by atoms with Crippen LogP contribution in [0.2, 0.25) is 0 Å². The quantitative estimate of drug-likeness (QED) is 0.787. The van der Waals surface area contributed by atoms with Crippen molar-refractivity contribution in [3.8, 4) is 6.07 Å². The average Bonchev–Trinajstić information content (AvgIpc) is 2.61. The van der Waals surface area contributed by atoms with E-state index in [-0.39, 0.29) is 16.9 Å². The van der Waals surface area contributed by atoms with Crippen molar-refractivity contribution in [2.75, 3.05) is 10.6 Å². The second-order valence-electron chi connectivity index (χ2n) is 6.27. The minimum atomic E-state index is -4.55. The second kappa shape index (κ2) is 7.50. The molecule has 2 aromatic rings. The number of halogens is 3. The lowest BCUT2D eigenvalue weighted by Crippen LogP contribution is -2.41. The Morgan fingerprint density at radius 2 is 1.59 bits per heavy atom. The molecular formula is C19H16F3N3O2. The molecular weight excluding hydrogens is 359 g/mol. The molecule has 0 heterocycles. The Hall–Kier alpha value is -3.34. The number of hydrogen-bond donors (Lipinski definition) is 2. The SMILES string of the molecule is CC(C)(C(=O)Nc1cccc(C(F)(F)F)c1)C(=O)Nc1ccccc1C#N. The summed E-state index contributed by atoms with van der Waals surface area (Å²) in [6, 6.07) is 12.3. The summed E-state index contributed by atoms with van der Waals surface area (Å²) < 4.78 is 38.3. The first kappa shape index (κ1) is 20.0. The molecule has 0 saturated heterocycles. The monoisotopic (exact) mass is 375 g/mol. The van der Waals surface area contributed by atoms with E-state index in [1.54, 1.807) is 12.1 Å². The van der Waals surface area contributed by atoms with E-state index < -0.39 is 29.0 Å². The smallest absolute Gasteiger partial charge is 0.325 e. The Bertz CT molecular complexity index is 915. The number of para-hydroxylation sites is 1. The van der Waals surface area contributed by atoms with Gasteiger partial charge in [-0.25, -0.2) is 0 Å². The van der Waals surface area contributed by atoms with Crippen LogP contribution in [0.1, 0.15) is 25.0 Å². The number of rotatable bonds is 4. The van der Waals surface area contributed by atoms with E-state index in [0.717, 1.165) is 18.2 Å². The van der Waals surface area contributed by atoms with E-state index in [0.29, 0.717) is 0 Å². The normalized spacial score (nSPS) is 11.4. The average molecular weight is 375 g/mol. The van der Waals surface area contributed by atoms with Crippen LogP contribution in [0.3, 0.4) is 0 Å². The van der Waals surface area contributed by atoms with Crippen molar-refractivity contribution in [3.05, 3.63) is 59.7 Å².